The van der Waals surface area contributed by atoms with Gasteiger partial charge in [-0.2, -0.15) is 0 Å². The Morgan fingerprint density at radius 3 is 2.59 bits per heavy atom. The molecule has 5 heteroatoms. The summed E-state index contributed by atoms with van der Waals surface area (Å²) in [6, 6.07) is 6.16. The van der Waals surface area contributed by atoms with Crippen LogP contribution in [0.5, 0.6) is 5.75 Å². The van der Waals surface area contributed by atoms with Crippen LogP contribution in [0.2, 0.25) is 5.02 Å². The van der Waals surface area contributed by atoms with E-state index in [4.69, 9.17) is 16.3 Å². The molecule has 4 rings (SSSR count). The minimum Gasteiger partial charge on any atom is -0.489 e. The Morgan fingerprint density at radius 2 is 1.86 bits per heavy atom. The molecule has 2 saturated carbocycles. The number of carbonyl (C=O) groups is 1. The average molecular weight is 419 g/mol. The van der Waals surface area contributed by atoms with Crippen molar-refractivity contribution in [3.63, 3.8) is 0 Å². The zero-order valence-corrected chi connectivity index (χ0v) is 18.5. The molecule has 1 aromatic rings. The smallest absolute Gasteiger partial charge is 0.225 e. The van der Waals surface area contributed by atoms with Crippen molar-refractivity contribution in [3.05, 3.63) is 28.8 Å². The number of likely N-dealkylation sites (tertiary alicyclic amines) is 1. The van der Waals surface area contributed by atoms with E-state index in [1.807, 2.05) is 18.0 Å². The van der Waals surface area contributed by atoms with Crippen LogP contribution >= 0.6 is 11.6 Å². The van der Waals surface area contributed by atoms with Crippen LogP contribution in [0.25, 0.3) is 0 Å². The van der Waals surface area contributed by atoms with E-state index in [-0.39, 0.29) is 12.0 Å². The van der Waals surface area contributed by atoms with Gasteiger partial charge in [-0.1, -0.05) is 43.0 Å². The fraction of sp³-hybridized carbons (Fsp3) is 0.708. The molecule has 160 valence electrons. The lowest BCUT2D eigenvalue weighted by Crippen LogP contribution is -2.43. The fourth-order valence-electron chi connectivity index (χ4n) is 5.19. The lowest BCUT2D eigenvalue weighted by molar-refractivity contribution is -0.136. The Kier molecular flexibility index (Phi) is 7.02. The van der Waals surface area contributed by atoms with Gasteiger partial charge in [-0.3, -0.25) is 9.69 Å². The van der Waals surface area contributed by atoms with E-state index in [2.05, 4.69) is 17.0 Å². The second-order valence-corrected chi connectivity index (χ2v) is 9.72. The summed E-state index contributed by atoms with van der Waals surface area (Å²) < 4.78 is 6.22. The monoisotopic (exact) mass is 418 g/mol. The van der Waals surface area contributed by atoms with Gasteiger partial charge >= 0.3 is 0 Å². The van der Waals surface area contributed by atoms with Crippen LogP contribution in [-0.4, -0.2) is 48.5 Å². The van der Waals surface area contributed by atoms with E-state index < -0.39 is 0 Å². The number of nitrogens with zero attached hydrogens (tertiary/aromatic N) is 2. The standard InChI is InChI=1S/C24H35ClN2O2/c1-26(24(28)19-8-3-2-4-9-19)16-18-14-21(15-18)29-22-11-7-10-20(23(22)25)17-27-12-5-6-13-27/h7,10-11,18-19,21H,2-6,8-9,12-17H2,1H3. The molecule has 2 aliphatic carbocycles. The first-order valence-electron chi connectivity index (χ1n) is 11.5. The van der Waals surface area contributed by atoms with Crippen molar-refractivity contribution in [2.24, 2.45) is 11.8 Å². The largest absolute Gasteiger partial charge is 0.489 e. The van der Waals surface area contributed by atoms with Gasteiger partial charge in [0, 0.05) is 26.1 Å². The third kappa shape index (κ3) is 5.27. The van der Waals surface area contributed by atoms with Crippen molar-refractivity contribution in [1.29, 1.82) is 0 Å². The molecule has 0 N–H and O–H groups in total. The summed E-state index contributed by atoms with van der Waals surface area (Å²) >= 11 is 6.66. The molecule has 3 fully saturated rings. The van der Waals surface area contributed by atoms with Crippen LogP contribution in [0.15, 0.2) is 18.2 Å². The Morgan fingerprint density at radius 1 is 1.14 bits per heavy atom. The molecule has 1 aliphatic heterocycles. The van der Waals surface area contributed by atoms with Crippen molar-refractivity contribution in [2.75, 3.05) is 26.7 Å². The zero-order chi connectivity index (χ0) is 20.2. The first-order chi connectivity index (χ1) is 14.1. The molecule has 1 heterocycles. The van der Waals surface area contributed by atoms with Gasteiger partial charge in [-0.05, 0) is 69.2 Å². The molecular formula is C24H35ClN2O2. The maximum Gasteiger partial charge on any atom is 0.225 e. The zero-order valence-electron chi connectivity index (χ0n) is 17.7. The van der Waals surface area contributed by atoms with Crippen LogP contribution in [0.1, 0.15) is 63.4 Å². The number of hydrogen-bond acceptors (Lipinski definition) is 3. The van der Waals surface area contributed by atoms with Gasteiger partial charge < -0.3 is 9.64 Å². The quantitative estimate of drug-likeness (QED) is 0.615. The molecular weight excluding hydrogens is 384 g/mol. The number of rotatable bonds is 7. The van der Waals surface area contributed by atoms with Gasteiger partial charge in [0.2, 0.25) is 5.91 Å². The predicted octanol–water partition coefficient (Wildman–Crippen LogP) is 5.13. The summed E-state index contributed by atoms with van der Waals surface area (Å²) in [5.41, 5.74) is 1.17. The van der Waals surface area contributed by atoms with Crippen LogP contribution in [0.3, 0.4) is 0 Å². The number of benzene rings is 1. The Bertz CT molecular complexity index is 692. The molecule has 29 heavy (non-hydrogen) atoms. The summed E-state index contributed by atoms with van der Waals surface area (Å²) in [6.45, 7) is 4.10. The highest BCUT2D eigenvalue weighted by atomic mass is 35.5. The number of carbonyl (C=O) groups excluding carboxylic acids is 1. The van der Waals surface area contributed by atoms with E-state index in [0.29, 0.717) is 11.8 Å². The van der Waals surface area contributed by atoms with E-state index in [9.17, 15) is 4.79 Å². The van der Waals surface area contributed by atoms with E-state index in [1.165, 1.54) is 50.8 Å². The first-order valence-corrected chi connectivity index (χ1v) is 11.9. The summed E-state index contributed by atoms with van der Waals surface area (Å²) in [5.74, 6) is 1.98. The fourth-order valence-corrected chi connectivity index (χ4v) is 5.42. The van der Waals surface area contributed by atoms with E-state index >= 15 is 0 Å². The van der Waals surface area contributed by atoms with Crippen molar-refractivity contribution in [2.45, 2.75) is 70.4 Å². The van der Waals surface area contributed by atoms with Gasteiger partial charge in [0.05, 0.1) is 11.1 Å². The summed E-state index contributed by atoms with van der Waals surface area (Å²) in [4.78, 5) is 17.1. The second-order valence-electron chi connectivity index (χ2n) is 9.34. The van der Waals surface area contributed by atoms with Crippen molar-refractivity contribution < 1.29 is 9.53 Å². The Balaban J connectivity index is 1.23. The lowest BCUT2D eigenvalue weighted by Gasteiger charge is -2.38. The highest BCUT2D eigenvalue weighted by molar-refractivity contribution is 6.32. The van der Waals surface area contributed by atoms with Gasteiger partial charge in [0.25, 0.3) is 0 Å². The SMILES string of the molecule is CN(CC1CC(Oc2cccc(CN3CCCC3)c2Cl)C1)C(=O)C1CCCCC1. The van der Waals surface area contributed by atoms with Crippen molar-refractivity contribution in [3.8, 4) is 5.75 Å². The first kappa shape index (κ1) is 21.0. The predicted molar refractivity (Wildman–Crippen MR) is 117 cm³/mol. The van der Waals surface area contributed by atoms with Gasteiger partial charge in [0.1, 0.15) is 5.75 Å². The average Bonchev–Trinajstić information content (AvgIpc) is 3.22. The maximum absolute atomic E-state index is 12.6. The third-order valence-electron chi connectivity index (χ3n) is 6.98. The van der Waals surface area contributed by atoms with Crippen LogP contribution < -0.4 is 4.74 Å². The third-order valence-corrected chi connectivity index (χ3v) is 7.41. The van der Waals surface area contributed by atoms with Crippen molar-refractivity contribution in [1.82, 2.24) is 9.80 Å². The normalized spacial score (nSPS) is 25.6. The van der Waals surface area contributed by atoms with Crippen LogP contribution in [0, 0.1) is 11.8 Å². The highest BCUT2D eigenvalue weighted by Crippen LogP contribution is 2.37. The van der Waals surface area contributed by atoms with Crippen LogP contribution in [0.4, 0.5) is 0 Å². The molecule has 0 spiro atoms. The summed E-state index contributed by atoms with van der Waals surface area (Å²) in [6.07, 6.45) is 10.7. The summed E-state index contributed by atoms with van der Waals surface area (Å²) in [5, 5.41) is 0.771. The molecule has 1 aromatic carbocycles. The minimum absolute atomic E-state index is 0.220. The van der Waals surface area contributed by atoms with E-state index in [1.54, 1.807) is 0 Å². The molecule has 0 bridgehead atoms. The highest BCUT2D eigenvalue weighted by Gasteiger charge is 2.34. The molecule has 3 aliphatic rings. The molecule has 1 saturated heterocycles. The van der Waals surface area contributed by atoms with Gasteiger partial charge in [-0.25, -0.2) is 0 Å². The molecule has 0 aromatic heterocycles. The number of ether oxygens (including phenoxy) is 1. The van der Waals surface area contributed by atoms with Gasteiger partial charge in [0.15, 0.2) is 0 Å². The maximum atomic E-state index is 12.6. The lowest BCUT2D eigenvalue weighted by atomic mass is 9.81. The molecule has 0 unspecified atom stereocenters. The van der Waals surface area contributed by atoms with E-state index in [0.717, 1.165) is 49.5 Å². The Labute approximate surface area is 180 Å². The number of halogens is 1. The molecule has 1 amide bonds. The van der Waals surface area contributed by atoms with Gasteiger partial charge in [-0.15, -0.1) is 0 Å². The number of hydrogen-bond donors (Lipinski definition) is 0. The van der Waals surface area contributed by atoms with Crippen molar-refractivity contribution >= 4 is 17.5 Å². The molecule has 0 atom stereocenters. The molecule has 0 radical (unpaired) electrons. The minimum atomic E-state index is 0.220. The Hall–Kier alpha value is -1.26. The summed E-state index contributed by atoms with van der Waals surface area (Å²) in [7, 11) is 1.98. The number of amides is 1. The topological polar surface area (TPSA) is 32.8 Å². The molecule has 4 nitrogen and oxygen atoms in total. The second kappa shape index (κ2) is 9.70. The van der Waals surface area contributed by atoms with Crippen LogP contribution in [-0.2, 0) is 11.3 Å².